The number of rotatable bonds is 6. The summed E-state index contributed by atoms with van der Waals surface area (Å²) in [5, 5.41) is 0. The summed E-state index contributed by atoms with van der Waals surface area (Å²) in [4.78, 5) is 15.3. The van der Waals surface area contributed by atoms with Crippen LogP contribution in [0.2, 0.25) is 0 Å². The van der Waals surface area contributed by atoms with E-state index in [9.17, 15) is 4.79 Å². The molecule has 0 bridgehead atoms. The molecular weight excluding hydrogens is 346 g/mol. The van der Waals surface area contributed by atoms with Gasteiger partial charge in [-0.05, 0) is 38.4 Å². The minimum atomic E-state index is -0.492. The van der Waals surface area contributed by atoms with E-state index in [0.717, 1.165) is 50.9 Å². The Balaban J connectivity index is 0.00000338. The maximum absolute atomic E-state index is 13.0. The van der Waals surface area contributed by atoms with Gasteiger partial charge in [-0.1, -0.05) is 75.3 Å². The zero-order valence-electron chi connectivity index (χ0n) is 16.3. The highest BCUT2D eigenvalue weighted by Crippen LogP contribution is 2.40. The van der Waals surface area contributed by atoms with Gasteiger partial charge in [0.25, 0.3) is 0 Å². The Hall–Kier alpha value is -1.50. The van der Waals surface area contributed by atoms with E-state index < -0.39 is 5.41 Å². The van der Waals surface area contributed by atoms with Crippen LogP contribution in [0.3, 0.4) is 0 Å². The summed E-state index contributed by atoms with van der Waals surface area (Å²) in [5.41, 5.74) is 0.594. The number of carbonyl (C=O) groups excluding carboxylic acids is 1. The number of nitrogens with zero attached hydrogens (tertiary/aromatic N) is 1. The molecule has 0 spiro atoms. The van der Waals surface area contributed by atoms with Crippen LogP contribution >= 0.6 is 12.4 Å². The molecule has 1 aromatic carbocycles. The number of hydrogen-bond donors (Lipinski definition) is 0. The molecule has 0 amide bonds. The molecule has 0 radical (unpaired) electrons. The maximum Gasteiger partial charge on any atom is 0.317 e. The lowest BCUT2D eigenvalue weighted by Crippen LogP contribution is -2.40. The zero-order chi connectivity index (χ0) is 18.1. The van der Waals surface area contributed by atoms with Crippen LogP contribution in [0.4, 0.5) is 0 Å². The van der Waals surface area contributed by atoms with Gasteiger partial charge in [-0.2, -0.15) is 0 Å². The van der Waals surface area contributed by atoms with Gasteiger partial charge in [0.05, 0.1) is 12.0 Å². The lowest BCUT2D eigenvalue weighted by Gasteiger charge is -2.35. The molecule has 1 aliphatic carbocycles. The quantitative estimate of drug-likeness (QED) is 0.536. The van der Waals surface area contributed by atoms with Gasteiger partial charge in [0.2, 0.25) is 0 Å². The Kier molecular flexibility index (Phi) is 9.76. The molecule has 26 heavy (non-hydrogen) atoms. The van der Waals surface area contributed by atoms with Gasteiger partial charge in [-0.15, -0.1) is 12.4 Å². The lowest BCUT2D eigenvalue weighted by molar-refractivity contribution is -0.154. The Morgan fingerprint density at radius 2 is 1.77 bits per heavy atom. The van der Waals surface area contributed by atoms with Gasteiger partial charge in [-0.3, -0.25) is 9.69 Å². The van der Waals surface area contributed by atoms with Crippen molar-refractivity contribution in [3.05, 3.63) is 35.9 Å². The third-order valence-electron chi connectivity index (χ3n) is 5.21. The molecule has 0 saturated heterocycles. The minimum absolute atomic E-state index is 0. The molecule has 0 heterocycles. The van der Waals surface area contributed by atoms with Crippen molar-refractivity contribution in [1.29, 1.82) is 0 Å². The van der Waals surface area contributed by atoms with Crippen LogP contribution in [0.1, 0.15) is 58.4 Å². The van der Waals surface area contributed by atoms with Crippen LogP contribution in [0.25, 0.3) is 0 Å². The monoisotopic (exact) mass is 377 g/mol. The van der Waals surface area contributed by atoms with Crippen molar-refractivity contribution >= 4 is 18.4 Å². The van der Waals surface area contributed by atoms with Gasteiger partial charge in [0.1, 0.15) is 0 Å². The average Bonchev–Trinajstić information content (AvgIpc) is 2.66. The third-order valence-corrected chi connectivity index (χ3v) is 5.21. The summed E-state index contributed by atoms with van der Waals surface area (Å²) < 4.78 is 5.77. The summed E-state index contributed by atoms with van der Waals surface area (Å²) in [5.74, 6) is 6.12. The molecule has 2 rings (SSSR count). The normalized spacial score (nSPS) is 16.8. The first kappa shape index (κ1) is 22.5. The molecule has 1 aliphatic rings. The predicted octanol–water partition coefficient (Wildman–Crippen LogP) is 4.59. The molecule has 1 unspecified atom stereocenters. The van der Waals surface area contributed by atoms with E-state index in [0.29, 0.717) is 0 Å². The first-order valence-electron chi connectivity index (χ1n) is 9.59. The van der Waals surface area contributed by atoms with E-state index in [1.54, 1.807) is 0 Å². The summed E-state index contributed by atoms with van der Waals surface area (Å²) in [6.07, 6.45) is 4.72. The Bertz CT molecular complexity index is 596. The van der Waals surface area contributed by atoms with Gasteiger partial charge in [-0.25, -0.2) is 0 Å². The molecule has 4 heteroatoms. The molecule has 1 aromatic rings. The number of benzene rings is 1. The number of ether oxygens (including phenoxy) is 1. The molecular formula is C22H32ClNO2. The maximum atomic E-state index is 13.0. The van der Waals surface area contributed by atoms with Crippen LogP contribution in [-0.4, -0.2) is 36.6 Å². The Labute approximate surface area is 164 Å². The van der Waals surface area contributed by atoms with E-state index in [1.165, 1.54) is 6.42 Å². The average molecular weight is 378 g/mol. The van der Waals surface area contributed by atoms with Crippen LogP contribution in [0.5, 0.6) is 0 Å². The van der Waals surface area contributed by atoms with Crippen molar-refractivity contribution in [1.82, 2.24) is 4.90 Å². The standard InChI is InChI=1S/C22H31NO2.ClH/c1-4-23(5-2)18-12-13-19(3)25-21(24)22(16-10-7-11-17-22)20-14-8-6-9-15-20;/h6,8-9,14-15,19H,4-5,7,10-11,16-18H2,1-3H3;1H. The minimum Gasteiger partial charge on any atom is -0.449 e. The van der Waals surface area contributed by atoms with Gasteiger partial charge in [0, 0.05) is 0 Å². The summed E-state index contributed by atoms with van der Waals surface area (Å²) in [7, 11) is 0. The molecule has 0 aromatic heterocycles. The van der Waals surface area contributed by atoms with Crippen molar-refractivity contribution in [3.63, 3.8) is 0 Å². The van der Waals surface area contributed by atoms with E-state index in [4.69, 9.17) is 4.74 Å². The van der Waals surface area contributed by atoms with Crippen molar-refractivity contribution in [2.45, 2.75) is 64.4 Å². The van der Waals surface area contributed by atoms with Gasteiger partial charge < -0.3 is 4.74 Å². The molecule has 0 aliphatic heterocycles. The number of esters is 1. The van der Waals surface area contributed by atoms with E-state index in [1.807, 2.05) is 25.1 Å². The number of carbonyl (C=O) groups is 1. The van der Waals surface area contributed by atoms with Crippen molar-refractivity contribution < 1.29 is 9.53 Å². The van der Waals surface area contributed by atoms with E-state index in [-0.39, 0.29) is 24.5 Å². The second-order valence-corrected chi connectivity index (χ2v) is 6.84. The van der Waals surface area contributed by atoms with Crippen LogP contribution in [0.15, 0.2) is 30.3 Å². The molecule has 144 valence electrons. The molecule has 0 N–H and O–H groups in total. The fourth-order valence-electron chi connectivity index (χ4n) is 3.57. The van der Waals surface area contributed by atoms with Crippen LogP contribution in [0, 0.1) is 11.8 Å². The van der Waals surface area contributed by atoms with E-state index in [2.05, 4.69) is 42.7 Å². The largest absolute Gasteiger partial charge is 0.449 e. The van der Waals surface area contributed by atoms with Crippen molar-refractivity contribution in [2.75, 3.05) is 19.6 Å². The summed E-state index contributed by atoms with van der Waals surface area (Å²) >= 11 is 0. The highest BCUT2D eigenvalue weighted by atomic mass is 35.5. The molecule has 1 fully saturated rings. The highest BCUT2D eigenvalue weighted by Gasteiger charge is 2.42. The lowest BCUT2D eigenvalue weighted by atomic mass is 9.69. The third kappa shape index (κ3) is 5.76. The zero-order valence-corrected chi connectivity index (χ0v) is 17.1. The first-order valence-corrected chi connectivity index (χ1v) is 9.59. The van der Waals surface area contributed by atoms with Crippen LogP contribution in [-0.2, 0) is 14.9 Å². The SMILES string of the molecule is CCN(CC)CC#CC(C)OC(=O)C1(c2ccccc2)CCCCC1.Cl. The predicted molar refractivity (Wildman–Crippen MR) is 110 cm³/mol. The number of hydrogen-bond acceptors (Lipinski definition) is 3. The topological polar surface area (TPSA) is 29.5 Å². The highest BCUT2D eigenvalue weighted by molar-refractivity contribution is 5.85. The van der Waals surface area contributed by atoms with Gasteiger partial charge in [0.15, 0.2) is 6.10 Å². The second-order valence-electron chi connectivity index (χ2n) is 6.84. The second kappa shape index (κ2) is 11.3. The van der Waals surface area contributed by atoms with E-state index >= 15 is 0 Å². The van der Waals surface area contributed by atoms with Crippen molar-refractivity contribution in [2.24, 2.45) is 0 Å². The van der Waals surface area contributed by atoms with Crippen molar-refractivity contribution in [3.8, 4) is 11.8 Å². The molecule has 1 saturated carbocycles. The Morgan fingerprint density at radius 3 is 2.35 bits per heavy atom. The Morgan fingerprint density at radius 1 is 1.15 bits per heavy atom. The molecule has 1 atom stereocenters. The first-order chi connectivity index (χ1) is 12.1. The van der Waals surface area contributed by atoms with Crippen LogP contribution < -0.4 is 0 Å². The number of halogens is 1. The van der Waals surface area contributed by atoms with Gasteiger partial charge >= 0.3 is 5.97 Å². The summed E-state index contributed by atoms with van der Waals surface area (Å²) in [6, 6.07) is 10.1. The fourth-order valence-corrected chi connectivity index (χ4v) is 3.57. The smallest absolute Gasteiger partial charge is 0.317 e. The molecule has 3 nitrogen and oxygen atoms in total. The fraction of sp³-hybridized carbons (Fsp3) is 0.591. The summed E-state index contributed by atoms with van der Waals surface area (Å²) in [6.45, 7) is 8.81.